The maximum Gasteiger partial charge on any atom is 0.286 e. The average molecular weight is 534 g/mol. The summed E-state index contributed by atoms with van der Waals surface area (Å²) in [4.78, 5) is 22.1. The summed E-state index contributed by atoms with van der Waals surface area (Å²) in [6.45, 7) is 5.78. The lowest BCUT2D eigenvalue weighted by atomic mass is 10.1. The number of benzene rings is 3. The highest BCUT2D eigenvalue weighted by atomic mass is 35.5. The molecule has 0 aromatic heterocycles. The highest BCUT2D eigenvalue weighted by Crippen LogP contribution is 2.34. The number of hydrogen-bond donors (Lipinski definition) is 0. The molecule has 2 heterocycles. The van der Waals surface area contributed by atoms with Gasteiger partial charge in [0.2, 0.25) is 0 Å². The first-order chi connectivity index (χ1) is 18.0. The number of amides is 1. The molecule has 3 aromatic rings. The lowest BCUT2D eigenvalue weighted by molar-refractivity contribution is -0.113. The Balaban J connectivity index is 1.21. The summed E-state index contributed by atoms with van der Waals surface area (Å²) in [5.41, 5.74) is 4.28. The molecule has 1 saturated heterocycles. The first kappa shape index (κ1) is 25.2. The van der Waals surface area contributed by atoms with Crippen LogP contribution in [-0.4, -0.2) is 49.3 Å². The van der Waals surface area contributed by atoms with Crippen LogP contribution in [0, 0.1) is 6.92 Å². The van der Waals surface area contributed by atoms with Gasteiger partial charge in [0.1, 0.15) is 6.61 Å². The highest BCUT2D eigenvalue weighted by molar-refractivity contribution is 8.18. The van der Waals surface area contributed by atoms with E-state index in [1.54, 1.807) is 7.11 Å². The Labute approximate surface area is 226 Å². The predicted molar refractivity (Wildman–Crippen MR) is 152 cm³/mol. The van der Waals surface area contributed by atoms with Crippen molar-refractivity contribution in [2.24, 2.45) is 4.99 Å². The van der Waals surface area contributed by atoms with Crippen molar-refractivity contribution in [2.45, 2.75) is 13.5 Å². The molecule has 1 amide bonds. The number of aliphatic imine (C=N–C) groups is 1. The van der Waals surface area contributed by atoms with Crippen LogP contribution in [0.3, 0.4) is 0 Å². The van der Waals surface area contributed by atoms with E-state index in [0.29, 0.717) is 23.0 Å². The normalized spacial score (nSPS) is 16.8. The quantitative estimate of drug-likeness (QED) is 0.361. The smallest absolute Gasteiger partial charge is 0.286 e. The zero-order valence-corrected chi connectivity index (χ0v) is 22.4. The molecule has 0 atom stereocenters. The third kappa shape index (κ3) is 6.12. The lowest BCUT2D eigenvalue weighted by Gasteiger charge is -2.36. The van der Waals surface area contributed by atoms with Crippen LogP contribution >= 0.6 is 23.4 Å². The van der Waals surface area contributed by atoms with Gasteiger partial charge in [-0.2, -0.15) is 4.99 Å². The van der Waals surface area contributed by atoms with Crippen LogP contribution in [0.1, 0.15) is 16.7 Å². The van der Waals surface area contributed by atoms with E-state index in [2.05, 4.69) is 52.0 Å². The van der Waals surface area contributed by atoms with Gasteiger partial charge < -0.3 is 19.3 Å². The fraction of sp³-hybridized carbons (Fsp3) is 0.241. The topological polar surface area (TPSA) is 54.4 Å². The molecule has 0 saturated carbocycles. The van der Waals surface area contributed by atoms with Gasteiger partial charge in [-0.05, 0) is 66.2 Å². The van der Waals surface area contributed by atoms with Gasteiger partial charge >= 0.3 is 0 Å². The molecule has 2 aliphatic heterocycles. The molecule has 0 spiro atoms. The van der Waals surface area contributed by atoms with Gasteiger partial charge in [-0.3, -0.25) is 4.79 Å². The van der Waals surface area contributed by atoms with E-state index in [9.17, 15) is 4.79 Å². The Morgan fingerprint density at radius 2 is 1.73 bits per heavy atom. The van der Waals surface area contributed by atoms with E-state index in [1.165, 1.54) is 17.3 Å². The zero-order valence-electron chi connectivity index (χ0n) is 20.8. The molecule has 8 heteroatoms. The maximum absolute atomic E-state index is 12.7. The minimum Gasteiger partial charge on any atom is -0.493 e. The molecule has 1 fully saturated rings. The van der Waals surface area contributed by atoms with Gasteiger partial charge in [0.15, 0.2) is 16.7 Å². The number of carbonyl (C=O) groups excluding carboxylic acids is 1. The zero-order chi connectivity index (χ0) is 25.8. The number of halogens is 1. The number of anilines is 1. The molecule has 6 nitrogen and oxygen atoms in total. The first-order valence-electron chi connectivity index (χ1n) is 12.1. The van der Waals surface area contributed by atoms with Gasteiger partial charge in [-0.15, -0.1) is 0 Å². The van der Waals surface area contributed by atoms with Gasteiger partial charge in [-0.25, -0.2) is 0 Å². The lowest BCUT2D eigenvalue weighted by Crippen LogP contribution is -2.47. The summed E-state index contributed by atoms with van der Waals surface area (Å²) in [6, 6.07) is 21.8. The summed E-state index contributed by atoms with van der Waals surface area (Å²) < 4.78 is 11.5. The number of rotatable bonds is 6. The maximum atomic E-state index is 12.7. The van der Waals surface area contributed by atoms with E-state index in [1.807, 2.05) is 42.5 Å². The molecule has 0 N–H and O–H groups in total. The van der Waals surface area contributed by atoms with Crippen molar-refractivity contribution in [3.05, 3.63) is 93.3 Å². The second-order valence-corrected chi connectivity index (χ2v) is 10.4. The van der Waals surface area contributed by atoms with Crippen molar-refractivity contribution in [1.82, 2.24) is 4.90 Å². The average Bonchev–Trinajstić information content (AvgIpc) is 3.28. The number of piperazine rings is 1. The van der Waals surface area contributed by atoms with E-state index in [4.69, 9.17) is 21.1 Å². The summed E-state index contributed by atoms with van der Waals surface area (Å²) in [6.07, 6.45) is 1.86. The minimum atomic E-state index is -0.212. The minimum absolute atomic E-state index is 0.212. The van der Waals surface area contributed by atoms with Crippen molar-refractivity contribution in [3.8, 4) is 11.5 Å². The van der Waals surface area contributed by atoms with Crippen LogP contribution in [0.15, 0.2) is 76.6 Å². The second-order valence-electron chi connectivity index (χ2n) is 8.95. The fourth-order valence-corrected chi connectivity index (χ4v) is 5.40. The van der Waals surface area contributed by atoms with Gasteiger partial charge in [0.25, 0.3) is 5.91 Å². The number of methoxy groups -OCH3 is 1. The molecule has 0 aliphatic carbocycles. The van der Waals surface area contributed by atoms with Crippen LogP contribution in [0.2, 0.25) is 5.02 Å². The van der Waals surface area contributed by atoms with Crippen molar-refractivity contribution < 1.29 is 14.3 Å². The fourth-order valence-electron chi connectivity index (χ4n) is 4.25. The van der Waals surface area contributed by atoms with E-state index >= 15 is 0 Å². The number of carbonyl (C=O) groups is 1. The summed E-state index contributed by atoms with van der Waals surface area (Å²) in [5, 5.41) is 1.49. The SMILES string of the molecule is COc1cc(C=C2SC(N3CCN(c4cccc(Cl)c4)CC3)=NC2=O)ccc1OCc1ccc(C)cc1. The van der Waals surface area contributed by atoms with E-state index < -0.39 is 0 Å². The Kier molecular flexibility index (Phi) is 7.72. The molecular weight excluding hydrogens is 506 g/mol. The summed E-state index contributed by atoms with van der Waals surface area (Å²) in [7, 11) is 1.62. The Morgan fingerprint density at radius 3 is 2.46 bits per heavy atom. The molecule has 190 valence electrons. The van der Waals surface area contributed by atoms with Crippen molar-refractivity contribution >= 4 is 46.2 Å². The Hall–Kier alpha value is -3.42. The van der Waals surface area contributed by atoms with Crippen molar-refractivity contribution in [3.63, 3.8) is 0 Å². The predicted octanol–water partition coefficient (Wildman–Crippen LogP) is 6.03. The van der Waals surface area contributed by atoms with Crippen molar-refractivity contribution in [2.75, 3.05) is 38.2 Å². The number of aryl methyl sites for hydroxylation is 1. The van der Waals surface area contributed by atoms with Crippen LogP contribution < -0.4 is 14.4 Å². The van der Waals surface area contributed by atoms with Crippen LogP contribution in [-0.2, 0) is 11.4 Å². The molecule has 2 aliphatic rings. The monoisotopic (exact) mass is 533 g/mol. The first-order valence-corrected chi connectivity index (χ1v) is 13.3. The van der Waals surface area contributed by atoms with E-state index in [0.717, 1.165) is 53.2 Å². The van der Waals surface area contributed by atoms with Crippen molar-refractivity contribution in [1.29, 1.82) is 0 Å². The number of amidine groups is 1. The van der Waals surface area contributed by atoms with Crippen LogP contribution in [0.5, 0.6) is 11.5 Å². The molecular formula is C29H28ClN3O3S. The molecule has 0 unspecified atom stereocenters. The molecule has 5 rings (SSSR count). The molecule has 37 heavy (non-hydrogen) atoms. The standard InChI is InChI=1S/C29H28ClN3O3S/c1-20-6-8-21(9-7-20)19-36-25-11-10-22(16-26(25)35-2)17-27-28(34)31-29(37-27)33-14-12-32(13-15-33)24-5-3-4-23(30)18-24/h3-11,16-18H,12-15,19H2,1-2H3. The Morgan fingerprint density at radius 1 is 0.973 bits per heavy atom. The summed E-state index contributed by atoms with van der Waals surface area (Å²) in [5.74, 6) is 1.07. The Bertz CT molecular complexity index is 1350. The number of nitrogens with zero attached hydrogens (tertiary/aromatic N) is 3. The van der Waals surface area contributed by atoms with Crippen LogP contribution in [0.4, 0.5) is 5.69 Å². The number of ether oxygens (including phenoxy) is 2. The van der Waals surface area contributed by atoms with E-state index in [-0.39, 0.29) is 5.91 Å². The summed E-state index contributed by atoms with van der Waals surface area (Å²) >= 11 is 7.57. The number of thioether (sulfide) groups is 1. The van der Waals surface area contributed by atoms with Crippen LogP contribution in [0.25, 0.3) is 6.08 Å². The van der Waals surface area contributed by atoms with Gasteiger partial charge in [0.05, 0.1) is 12.0 Å². The third-order valence-electron chi connectivity index (χ3n) is 6.33. The third-order valence-corrected chi connectivity index (χ3v) is 7.61. The largest absolute Gasteiger partial charge is 0.493 e. The highest BCUT2D eigenvalue weighted by Gasteiger charge is 2.28. The molecule has 0 radical (unpaired) electrons. The van der Waals surface area contributed by atoms with Gasteiger partial charge in [0, 0.05) is 36.9 Å². The second kappa shape index (κ2) is 11.3. The molecule has 0 bridgehead atoms. The van der Waals surface area contributed by atoms with Gasteiger partial charge in [-0.1, -0.05) is 53.6 Å². The molecule has 3 aromatic carbocycles. The number of hydrogen-bond acceptors (Lipinski definition) is 6.